The van der Waals surface area contributed by atoms with Crippen molar-refractivity contribution in [3.05, 3.63) is 69.8 Å². The van der Waals surface area contributed by atoms with Gasteiger partial charge in [0.1, 0.15) is 11.4 Å². The van der Waals surface area contributed by atoms with Gasteiger partial charge >= 0.3 is 0 Å². The molecule has 0 aliphatic heterocycles. The SMILES string of the molecule is COc1ccc(CC(=O)NCCn2nc(-c3cccs3)ccc2=O)cc1. The Kier molecular flexibility index (Phi) is 5.80. The number of carbonyl (C=O) groups is 1. The number of ether oxygens (including phenoxy) is 1. The van der Waals surface area contributed by atoms with E-state index in [4.69, 9.17) is 4.74 Å². The normalized spacial score (nSPS) is 10.5. The van der Waals surface area contributed by atoms with E-state index in [9.17, 15) is 9.59 Å². The van der Waals surface area contributed by atoms with Crippen LogP contribution in [-0.2, 0) is 17.8 Å². The van der Waals surface area contributed by atoms with Crippen LogP contribution in [0.1, 0.15) is 5.56 Å². The summed E-state index contributed by atoms with van der Waals surface area (Å²) < 4.78 is 6.47. The van der Waals surface area contributed by atoms with E-state index in [1.165, 1.54) is 10.7 Å². The van der Waals surface area contributed by atoms with Gasteiger partial charge in [-0.25, -0.2) is 4.68 Å². The van der Waals surface area contributed by atoms with Gasteiger partial charge in [0.2, 0.25) is 5.91 Å². The number of nitrogens with zero attached hydrogens (tertiary/aromatic N) is 2. The summed E-state index contributed by atoms with van der Waals surface area (Å²) in [6.07, 6.45) is 0.279. The molecule has 6 nitrogen and oxygen atoms in total. The monoisotopic (exact) mass is 369 g/mol. The van der Waals surface area contributed by atoms with Crippen molar-refractivity contribution < 1.29 is 9.53 Å². The Morgan fingerprint density at radius 1 is 1.19 bits per heavy atom. The number of aromatic nitrogens is 2. The van der Waals surface area contributed by atoms with Gasteiger partial charge < -0.3 is 10.1 Å². The van der Waals surface area contributed by atoms with Crippen molar-refractivity contribution in [3.63, 3.8) is 0 Å². The van der Waals surface area contributed by atoms with E-state index in [0.29, 0.717) is 13.1 Å². The Morgan fingerprint density at radius 3 is 2.69 bits per heavy atom. The standard InChI is InChI=1S/C19H19N3O3S/c1-25-15-6-4-14(5-7-15)13-18(23)20-10-11-22-19(24)9-8-16(21-22)17-3-2-12-26-17/h2-9,12H,10-11,13H2,1H3,(H,20,23). The molecule has 0 saturated heterocycles. The minimum absolute atomic E-state index is 0.0994. The van der Waals surface area contributed by atoms with Crippen molar-refractivity contribution >= 4 is 17.2 Å². The number of amides is 1. The van der Waals surface area contributed by atoms with Crippen LogP contribution in [0.4, 0.5) is 0 Å². The van der Waals surface area contributed by atoms with Gasteiger partial charge in [0.05, 0.1) is 25.0 Å². The van der Waals surface area contributed by atoms with Crippen LogP contribution in [0.3, 0.4) is 0 Å². The maximum atomic E-state index is 12.0. The smallest absolute Gasteiger partial charge is 0.266 e. The van der Waals surface area contributed by atoms with Gasteiger partial charge in [-0.05, 0) is 35.2 Å². The first-order chi connectivity index (χ1) is 12.7. The Bertz CT molecular complexity index is 918. The predicted octanol–water partition coefficient (Wildman–Crippen LogP) is 2.34. The van der Waals surface area contributed by atoms with Crippen LogP contribution in [0.25, 0.3) is 10.6 Å². The Balaban J connectivity index is 1.54. The Hall–Kier alpha value is -2.93. The quantitative estimate of drug-likeness (QED) is 0.694. The van der Waals surface area contributed by atoms with E-state index in [2.05, 4.69) is 10.4 Å². The van der Waals surface area contributed by atoms with Gasteiger partial charge in [-0.1, -0.05) is 18.2 Å². The third kappa shape index (κ3) is 4.58. The molecule has 0 spiro atoms. The van der Waals surface area contributed by atoms with Crippen LogP contribution < -0.4 is 15.6 Å². The fourth-order valence-corrected chi connectivity index (χ4v) is 3.15. The maximum Gasteiger partial charge on any atom is 0.266 e. The average Bonchev–Trinajstić information content (AvgIpc) is 3.18. The molecule has 1 aromatic carbocycles. The van der Waals surface area contributed by atoms with Crippen LogP contribution in [0.15, 0.2) is 58.7 Å². The second-order valence-corrected chi connectivity index (χ2v) is 6.58. The van der Waals surface area contributed by atoms with Crippen LogP contribution in [-0.4, -0.2) is 29.3 Å². The second-order valence-electron chi connectivity index (χ2n) is 5.63. The summed E-state index contributed by atoms with van der Waals surface area (Å²) in [5, 5.41) is 9.15. The van der Waals surface area contributed by atoms with Crippen molar-refractivity contribution in [2.24, 2.45) is 0 Å². The first kappa shape index (κ1) is 17.9. The molecule has 0 bridgehead atoms. The highest BCUT2D eigenvalue weighted by atomic mass is 32.1. The Morgan fingerprint density at radius 2 is 2.00 bits per heavy atom. The minimum atomic E-state index is -0.185. The van der Waals surface area contributed by atoms with E-state index in [1.807, 2.05) is 41.8 Å². The number of methoxy groups -OCH3 is 1. The third-order valence-electron chi connectivity index (χ3n) is 3.81. The predicted molar refractivity (Wildman–Crippen MR) is 102 cm³/mol. The highest BCUT2D eigenvalue weighted by Gasteiger charge is 2.06. The summed E-state index contributed by atoms with van der Waals surface area (Å²) in [6.45, 7) is 0.669. The lowest BCUT2D eigenvalue weighted by Gasteiger charge is -2.08. The zero-order valence-electron chi connectivity index (χ0n) is 14.3. The summed E-state index contributed by atoms with van der Waals surface area (Å²) in [4.78, 5) is 25.0. The molecule has 0 aliphatic rings. The fraction of sp³-hybridized carbons (Fsp3) is 0.211. The number of nitrogens with one attached hydrogen (secondary N) is 1. The van der Waals surface area contributed by atoms with Crippen molar-refractivity contribution in [2.45, 2.75) is 13.0 Å². The van der Waals surface area contributed by atoms with E-state index < -0.39 is 0 Å². The van der Waals surface area contributed by atoms with Crippen molar-refractivity contribution in [2.75, 3.05) is 13.7 Å². The highest BCUT2D eigenvalue weighted by molar-refractivity contribution is 7.13. The summed E-state index contributed by atoms with van der Waals surface area (Å²) in [7, 11) is 1.60. The molecule has 0 radical (unpaired) electrons. The molecule has 0 atom stereocenters. The van der Waals surface area contributed by atoms with E-state index in [0.717, 1.165) is 21.9 Å². The molecular formula is C19H19N3O3S. The van der Waals surface area contributed by atoms with Gasteiger partial charge in [-0.3, -0.25) is 9.59 Å². The molecule has 134 valence electrons. The van der Waals surface area contributed by atoms with Crippen molar-refractivity contribution in [1.29, 1.82) is 0 Å². The zero-order valence-corrected chi connectivity index (χ0v) is 15.2. The van der Waals surface area contributed by atoms with Gasteiger partial charge in [-0.2, -0.15) is 5.10 Å². The lowest BCUT2D eigenvalue weighted by Crippen LogP contribution is -2.32. The molecule has 0 saturated carbocycles. The fourth-order valence-electron chi connectivity index (χ4n) is 2.46. The van der Waals surface area contributed by atoms with E-state index >= 15 is 0 Å². The molecule has 26 heavy (non-hydrogen) atoms. The molecule has 1 amide bonds. The van der Waals surface area contributed by atoms with E-state index in [1.54, 1.807) is 24.5 Å². The van der Waals surface area contributed by atoms with Crippen LogP contribution in [0.5, 0.6) is 5.75 Å². The lowest BCUT2D eigenvalue weighted by atomic mass is 10.1. The summed E-state index contributed by atoms with van der Waals surface area (Å²) in [6, 6.07) is 14.5. The second kappa shape index (κ2) is 8.44. The number of hydrogen-bond donors (Lipinski definition) is 1. The van der Waals surface area contributed by atoms with Crippen LogP contribution in [0, 0.1) is 0 Å². The molecule has 2 heterocycles. The van der Waals surface area contributed by atoms with Gasteiger partial charge in [0.25, 0.3) is 5.56 Å². The topological polar surface area (TPSA) is 73.2 Å². The molecule has 0 unspecified atom stereocenters. The molecule has 3 rings (SSSR count). The highest BCUT2D eigenvalue weighted by Crippen LogP contribution is 2.20. The lowest BCUT2D eigenvalue weighted by molar-refractivity contribution is -0.120. The van der Waals surface area contributed by atoms with Crippen LogP contribution >= 0.6 is 11.3 Å². The summed E-state index contributed by atoms with van der Waals surface area (Å²) in [5.41, 5.74) is 1.47. The number of benzene rings is 1. The molecular weight excluding hydrogens is 350 g/mol. The largest absolute Gasteiger partial charge is 0.497 e. The van der Waals surface area contributed by atoms with Gasteiger partial charge in [0, 0.05) is 12.6 Å². The van der Waals surface area contributed by atoms with E-state index in [-0.39, 0.29) is 17.9 Å². The van der Waals surface area contributed by atoms with Crippen molar-refractivity contribution in [3.8, 4) is 16.3 Å². The van der Waals surface area contributed by atoms with Gasteiger partial charge in [-0.15, -0.1) is 11.3 Å². The molecule has 3 aromatic rings. The molecule has 1 N–H and O–H groups in total. The zero-order chi connectivity index (χ0) is 18.4. The molecule has 7 heteroatoms. The summed E-state index contributed by atoms with van der Waals surface area (Å²) in [5.74, 6) is 0.655. The first-order valence-corrected chi connectivity index (χ1v) is 9.05. The number of rotatable bonds is 7. The number of carbonyl (C=O) groups excluding carboxylic acids is 1. The molecule has 2 aromatic heterocycles. The maximum absolute atomic E-state index is 12.0. The number of thiophene rings is 1. The number of hydrogen-bond acceptors (Lipinski definition) is 5. The minimum Gasteiger partial charge on any atom is -0.497 e. The van der Waals surface area contributed by atoms with Crippen molar-refractivity contribution in [1.82, 2.24) is 15.1 Å². The average molecular weight is 369 g/mol. The molecule has 0 aliphatic carbocycles. The van der Waals surface area contributed by atoms with Gasteiger partial charge in [0.15, 0.2) is 0 Å². The Labute approximate surface area is 155 Å². The third-order valence-corrected chi connectivity index (χ3v) is 4.70. The molecule has 0 fully saturated rings. The first-order valence-electron chi connectivity index (χ1n) is 8.17. The summed E-state index contributed by atoms with van der Waals surface area (Å²) >= 11 is 1.57. The van der Waals surface area contributed by atoms with Crippen LogP contribution in [0.2, 0.25) is 0 Å².